The van der Waals surface area contributed by atoms with E-state index in [-0.39, 0.29) is 30.1 Å². The Morgan fingerprint density at radius 3 is 2.86 bits per heavy atom. The molecular weight excluding hydrogens is 496 g/mol. The van der Waals surface area contributed by atoms with Crippen molar-refractivity contribution in [2.24, 2.45) is 4.99 Å². The molecule has 0 saturated carbocycles. The lowest BCUT2D eigenvalue weighted by molar-refractivity contribution is -0.134. The molecule has 0 amide bonds. The van der Waals surface area contributed by atoms with Crippen molar-refractivity contribution in [1.29, 1.82) is 0 Å². The van der Waals surface area contributed by atoms with Gasteiger partial charge in [0.1, 0.15) is 23.6 Å². The van der Waals surface area contributed by atoms with Crippen molar-refractivity contribution in [3.05, 3.63) is 36.1 Å². The number of methoxy groups -OCH3 is 1. The van der Waals surface area contributed by atoms with Gasteiger partial charge in [0.2, 0.25) is 11.5 Å². The van der Waals surface area contributed by atoms with Crippen molar-refractivity contribution in [2.75, 3.05) is 33.4 Å². The Morgan fingerprint density at radius 1 is 1.32 bits per heavy atom. The molecule has 0 bridgehead atoms. The average Bonchev–Trinajstić information content (AvgIpc) is 3.39. The third-order valence-electron chi connectivity index (χ3n) is 6.77. The maximum Gasteiger partial charge on any atom is 0.282 e. The van der Waals surface area contributed by atoms with Gasteiger partial charge in [-0.25, -0.2) is 27.2 Å². The van der Waals surface area contributed by atoms with Gasteiger partial charge in [-0.3, -0.25) is 14.5 Å². The molecule has 2 aliphatic heterocycles. The number of nitrogens with one attached hydrogen (secondary N) is 1. The van der Waals surface area contributed by atoms with Crippen LogP contribution in [-0.4, -0.2) is 92.3 Å². The lowest BCUT2D eigenvalue weighted by Gasteiger charge is -2.43. The zero-order valence-corrected chi connectivity index (χ0v) is 19.7. The standard InChI is InChI=1S/C23H24F4N8O2/c1-36-21-20-15(13-2-3-16-17(8-13)35(32-30-16)9-19(24)25)4-7-34(20)31-22(29-21)28-18-5-6-33(12-23(18,26)27)14-10-37-11-14/h2-4,7-8,14,18-19H,5-6,9-12H2,1H3,(H,28,31)/i7D. The number of aromatic amines is 1. The minimum atomic E-state index is -3.07. The van der Waals surface area contributed by atoms with Gasteiger partial charge in [-0.05, 0) is 30.2 Å². The normalized spacial score (nSPS) is 21.6. The van der Waals surface area contributed by atoms with E-state index in [1.807, 2.05) is 0 Å². The number of H-pyrrole nitrogens is 1. The third kappa shape index (κ3) is 4.33. The van der Waals surface area contributed by atoms with Gasteiger partial charge < -0.3 is 9.47 Å². The van der Waals surface area contributed by atoms with Crippen LogP contribution in [0.2, 0.25) is 0 Å². The summed E-state index contributed by atoms with van der Waals surface area (Å²) < 4.78 is 77.5. The van der Waals surface area contributed by atoms with Crippen LogP contribution in [0.25, 0.3) is 27.7 Å². The first-order valence-corrected chi connectivity index (χ1v) is 11.7. The van der Waals surface area contributed by atoms with E-state index in [4.69, 9.17) is 10.8 Å². The number of halogens is 4. The van der Waals surface area contributed by atoms with Gasteiger partial charge in [-0.1, -0.05) is 11.3 Å². The van der Waals surface area contributed by atoms with Crippen molar-refractivity contribution in [2.45, 2.75) is 37.4 Å². The number of nitrogens with zero attached hydrogens (tertiary/aromatic N) is 7. The maximum absolute atomic E-state index is 15.0. The van der Waals surface area contributed by atoms with E-state index in [1.54, 1.807) is 23.1 Å². The average molecular weight is 521 g/mol. The number of rotatable bonds is 6. The molecule has 0 aliphatic carbocycles. The van der Waals surface area contributed by atoms with Crippen LogP contribution in [0, 0.1) is 0 Å². The molecule has 1 N–H and O–H groups in total. The highest BCUT2D eigenvalue weighted by Gasteiger charge is 2.47. The second-order valence-corrected chi connectivity index (χ2v) is 9.15. The van der Waals surface area contributed by atoms with Crippen molar-refractivity contribution >= 4 is 16.6 Å². The van der Waals surface area contributed by atoms with Crippen LogP contribution < -0.4 is 10.4 Å². The van der Waals surface area contributed by atoms with Crippen LogP contribution in [0.4, 0.5) is 17.6 Å². The Kier molecular flexibility index (Phi) is 5.57. The number of piperidine rings is 1. The van der Waals surface area contributed by atoms with Gasteiger partial charge in [0.25, 0.3) is 12.3 Å². The minimum Gasteiger partial charge on any atom is -0.479 e. The highest BCUT2D eigenvalue weighted by Crippen LogP contribution is 2.33. The molecule has 3 aromatic heterocycles. The molecule has 4 aromatic rings. The number of alkyl halides is 4. The lowest BCUT2D eigenvalue weighted by atomic mass is 9.99. The highest BCUT2D eigenvalue weighted by atomic mass is 19.3. The molecule has 2 aliphatic rings. The fourth-order valence-electron chi connectivity index (χ4n) is 4.78. The fraction of sp³-hybridized carbons (Fsp3) is 0.478. The largest absolute Gasteiger partial charge is 0.479 e. The number of hydrogen-bond donors (Lipinski definition) is 1. The van der Waals surface area contributed by atoms with Crippen LogP contribution >= 0.6 is 0 Å². The predicted octanol–water partition coefficient (Wildman–Crippen LogP) is 2.36. The lowest BCUT2D eigenvalue weighted by Crippen LogP contribution is -2.59. The van der Waals surface area contributed by atoms with Crippen LogP contribution in [0.5, 0.6) is 5.88 Å². The van der Waals surface area contributed by atoms with Gasteiger partial charge in [0, 0.05) is 18.3 Å². The Hall–Kier alpha value is -3.52. The van der Waals surface area contributed by atoms with Crippen molar-refractivity contribution in [3.63, 3.8) is 0 Å². The molecule has 1 atom stereocenters. The fourth-order valence-corrected chi connectivity index (χ4v) is 4.78. The summed E-state index contributed by atoms with van der Waals surface area (Å²) in [6, 6.07) is 5.26. The summed E-state index contributed by atoms with van der Waals surface area (Å²) in [7, 11) is 1.38. The Morgan fingerprint density at radius 2 is 2.16 bits per heavy atom. The topological polar surface area (TPSA) is 97.9 Å². The zero-order valence-electron chi connectivity index (χ0n) is 20.7. The van der Waals surface area contributed by atoms with Crippen LogP contribution in [-0.2, 0) is 11.3 Å². The summed E-state index contributed by atoms with van der Waals surface area (Å²) in [5, 5.41) is 10.6. The first kappa shape index (κ1) is 22.7. The first-order valence-electron chi connectivity index (χ1n) is 12.2. The third-order valence-corrected chi connectivity index (χ3v) is 6.77. The van der Waals surface area contributed by atoms with E-state index in [9.17, 15) is 17.6 Å². The van der Waals surface area contributed by atoms with E-state index in [0.717, 1.165) is 4.68 Å². The molecule has 10 nitrogen and oxygen atoms in total. The summed E-state index contributed by atoms with van der Waals surface area (Å²) in [5.74, 6) is -3.00. The summed E-state index contributed by atoms with van der Waals surface area (Å²) in [6.07, 6.45) is -2.46. The molecular formula is C23H24F4N8O2. The molecule has 5 heterocycles. The summed E-state index contributed by atoms with van der Waals surface area (Å²) in [4.78, 5) is 10.3. The van der Waals surface area contributed by atoms with Crippen molar-refractivity contribution < 1.29 is 28.4 Å². The van der Waals surface area contributed by atoms with E-state index in [0.29, 0.717) is 47.4 Å². The van der Waals surface area contributed by atoms with E-state index >= 15 is 0 Å². The van der Waals surface area contributed by atoms with Crippen LogP contribution in [0.3, 0.4) is 0 Å². The molecule has 1 aromatic carbocycles. The van der Waals surface area contributed by atoms with Gasteiger partial charge in [-0.2, -0.15) is 4.98 Å². The van der Waals surface area contributed by atoms with E-state index in [1.165, 1.54) is 17.7 Å². The quantitative estimate of drug-likeness (QED) is 0.392. The minimum absolute atomic E-state index is 0.00183. The molecule has 2 saturated heterocycles. The van der Waals surface area contributed by atoms with Gasteiger partial charge in [0.05, 0.1) is 39.8 Å². The Balaban J connectivity index is 1.39. The van der Waals surface area contributed by atoms with Gasteiger partial charge in [0.15, 0.2) is 0 Å². The molecule has 2 fully saturated rings. The molecule has 0 spiro atoms. The zero-order chi connectivity index (χ0) is 26.6. The smallest absolute Gasteiger partial charge is 0.282 e. The first-order chi connectivity index (χ1) is 18.2. The molecule has 6 rings (SSSR count). The number of aromatic nitrogens is 6. The molecule has 37 heavy (non-hydrogen) atoms. The van der Waals surface area contributed by atoms with Gasteiger partial charge in [-0.15, -0.1) is 5.10 Å². The summed E-state index contributed by atoms with van der Waals surface area (Å²) in [5.41, 5.74) is 2.23. The summed E-state index contributed by atoms with van der Waals surface area (Å²) >= 11 is 0. The molecule has 1 unspecified atom stereocenters. The molecule has 0 radical (unpaired) electrons. The second-order valence-electron chi connectivity index (χ2n) is 9.15. The van der Waals surface area contributed by atoms with Crippen LogP contribution in [0.1, 0.15) is 7.79 Å². The summed E-state index contributed by atoms with van der Waals surface area (Å²) in [6.45, 7) is 0.365. The number of likely N-dealkylation sites (tertiary alicyclic amines) is 1. The second kappa shape index (κ2) is 9.10. The van der Waals surface area contributed by atoms with Crippen molar-refractivity contribution in [3.8, 4) is 17.0 Å². The number of fused-ring (bicyclic) bond motifs is 2. The monoisotopic (exact) mass is 521 g/mol. The number of benzene rings is 1. The van der Waals surface area contributed by atoms with E-state index < -0.39 is 31.5 Å². The number of hydrogen-bond acceptors (Lipinski definition) is 7. The van der Waals surface area contributed by atoms with Gasteiger partial charge >= 0.3 is 0 Å². The maximum atomic E-state index is 15.0. The molecule has 14 heteroatoms. The van der Waals surface area contributed by atoms with E-state index in [2.05, 4.69) is 25.4 Å². The SMILES string of the molecule is [2H]c1cc(-c2ccc3nnn(CC(F)F)c3c2)c2c(OC)nc(=NC3CCN(C4COC4)CC3(F)F)[nH]n12. The number of ether oxygens (including phenoxy) is 2. The Labute approximate surface area is 208 Å². The predicted molar refractivity (Wildman–Crippen MR) is 124 cm³/mol. The van der Waals surface area contributed by atoms with Crippen molar-refractivity contribution in [1.82, 2.24) is 34.5 Å². The highest BCUT2D eigenvalue weighted by molar-refractivity contribution is 5.89. The molecule has 196 valence electrons. The Bertz CT molecular complexity index is 1560. The van der Waals surface area contributed by atoms with Crippen LogP contribution in [0.15, 0.2) is 35.4 Å².